The number of quaternary nitrogens is 1. The van der Waals surface area contributed by atoms with Crippen LogP contribution >= 0.6 is 11.6 Å². The molecule has 0 bridgehead atoms. The summed E-state index contributed by atoms with van der Waals surface area (Å²) < 4.78 is 6.32. The molecule has 2 aromatic carbocycles. The summed E-state index contributed by atoms with van der Waals surface area (Å²) in [6.07, 6.45) is 0.198. The van der Waals surface area contributed by atoms with Gasteiger partial charge in [0.2, 0.25) is 6.23 Å². The lowest BCUT2D eigenvalue weighted by Gasteiger charge is -2.18. The highest BCUT2D eigenvalue weighted by Crippen LogP contribution is 2.31. The molecule has 104 valence electrons. The molecule has 0 amide bonds. The van der Waals surface area contributed by atoms with Crippen molar-refractivity contribution < 1.29 is 9.64 Å². The van der Waals surface area contributed by atoms with Crippen molar-refractivity contribution in [1.29, 1.82) is 0 Å². The zero-order chi connectivity index (χ0) is 14.1. The summed E-state index contributed by atoms with van der Waals surface area (Å²) in [5.41, 5.74) is 2.42. The monoisotopic (exact) mass is 288 g/mol. The highest BCUT2D eigenvalue weighted by atomic mass is 35.5. The molecule has 1 N–H and O–H groups in total. The molecule has 2 nitrogen and oxygen atoms in total. The fraction of sp³-hybridized carbons (Fsp3) is 0.294. The van der Waals surface area contributed by atoms with Crippen molar-refractivity contribution in [1.82, 2.24) is 0 Å². The van der Waals surface area contributed by atoms with E-state index < -0.39 is 0 Å². The first-order valence-corrected chi connectivity index (χ1v) is 7.34. The van der Waals surface area contributed by atoms with Crippen LogP contribution in [0, 0.1) is 0 Å². The van der Waals surface area contributed by atoms with E-state index in [0.29, 0.717) is 6.04 Å². The van der Waals surface area contributed by atoms with E-state index in [1.165, 1.54) is 16.0 Å². The van der Waals surface area contributed by atoms with Gasteiger partial charge < -0.3 is 9.64 Å². The van der Waals surface area contributed by atoms with E-state index in [-0.39, 0.29) is 12.3 Å². The van der Waals surface area contributed by atoms with Crippen LogP contribution in [0.5, 0.6) is 0 Å². The van der Waals surface area contributed by atoms with Crippen LogP contribution in [0.15, 0.2) is 54.6 Å². The van der Waals surface area contributed by atoms with Crippen molar-refractivity contribution in [3.05, 3.63) is 70.7 Å². The minimum absolute atomic E-state index is 0.0625. The van der Waals surface area contributed by atoms with Gasteiger partial charge in [-0.05, 0) is 36.8 Å². The minimum atomic E-state index is 0.0625. The highest BCUT2D eigenvalue weighted by molar-refractivity contribution is 6.30. The largest absolute Gasteiger partial charge is 0.311 e. The van der Waals surface area contributed by atoms with E-state index in [1.807, 2.05) is 18.2 Å². The van der Waals surface area contributed by atoms with Crippen LogP contribution in [0.1, 0.15) is 30.4 Å². The number of halogens is 1. The molecule has 3 heteroatoms. The summed E-state index contributed by atoms with van der Waals surface area (Å²) in [4.78, 5) is 1.38. The second kappa shape index (κ2) is 5.57. The molecule has 1 heterocycles. The number of nitrogens with one attached hydrogen (secondary N) is 1. The van der Waals surface area contributed by atoms with E-state index >= 15 is 0 Å². The van der Waals surface area contributed by atoms with Gasteiger partial charge >= 0.3 is 0 Å². The molecule has 0 aliphatic carbocycles. The molecule has 1 saturated heterocycles. The van der Waals surface area contributed by atoms with Crippen LogP contribution in [0.25, 0.3) is 0 Å². The number of hydrogen-bond donors (Lipinski definition) is 1. The molecule has 1 aliphatic rings. The molecule has 4 atom stereocenters. The Morgan fingerprint density at radius 3 is 2.25 bits per heavy atom. The van der Waals surface area contributed by atoms with Gasteiger partial charge in [0.1, 0.15) is 12.1 Å². The molecule has 2 aromatic rings. The molecular formula is C17H19ClNO+. The highest BCUT2D eigenvalue weighted by Gasteiger charge is 2.42. The Balaban J connectivity index is 1.87. The maximum absolute atomic E-state index is 6.32. The minimum Gasteiger partial charge on any atom is -0.311 e. The van der Waals surface area contributed by atoms with Crippen LogP contribution in [0.3, 0.4) is 0 Å². The van der Waals surface area contributed by atoms with Crippen molar-refractivity contribution in [2.24, 2.45) is 0 Å². The van der Waals surface area contributed by atoms with Crippen molar-refractivity contribution in [2.75, 3.05) is 7.05 Å². The average Bonchev–Trinajstić information content (AvgIpc) is 2.77. The third-order valence-electron chi connectivity index (χ3n) is 4.17. The van der Waals surface area contributed by atoms with Crippen LogP contribution in [0.4, 0.5) is 0 Å². The molecule has 0 aromatic heterocycles. The summed E-state index contributed by atoms with van der Waals surface area (Å²) in [5.74, 6) is 0. The first-order chi connectivity index (χ1) is 9.66. The Labute approximate surface area is 124 Å². The zero-order valence-corrected chi connectivity index (χ0v) is 12.5. The van der Waals surface area contributed by atoms with E-state index in [1.54, 1.807) is 0 Å². The molecule has 1 aliphatic heterocycles. The lowest BCUT2D eigenvalue weighted by atomic mass is 10.0. The maximum Gasteiger partial charge on any atom is 0.219 e. The van der Waals surface area contributed by atoms with Gasteiger partial charge in [-0.15, -0.1) is 0 Å². The molecule has 0 radical (unpaired) electrons. The van der Waals surface area contributed by atoms with Crippen LogP contribution < -0.4 is 4.90 Å². The molecule has 3 rings (SSSR count). The van der Waals surface area contributed by atoms with Gasteiger partial charge in [0.15, 0.2) is 0 Å². The van der Waals surface area contributed by atoms with Crippen LogP contribution in [-0.2, 0) is 4.74 Å². The molecule has 20 heavy (non-hydrogen) atoms. The summed E-state index contributed by atoms with van der Waals surface area (Å²) in [5, 5.41) is 0.761. The van der Waals surface area contributed by atoms with Crippen molar-refractivity contribution in [3.8, 4) is 0 Å². The Morgan fingerprint density at radius 2 is 1.60 bits per heavy atom. The average molecular weight is 289 g/mol. The number of hydrogen-bond acceptors (Lipinski definition) is 1. The normalized spacial score (nSPS) is 29.6. The number of rotatable bonds is 2. The molecule has 1 fully saturated rings. The first kappa shape index (κ1) is 13.6. The lowest BCUT2D eigenvalue weighted by Crippen LogP contribution is -3.10. The maximum atomic E-state index is 6.32. The van der Waals surface area contributed by atoms with Gasteiger partial charge in [-0.1, -0.05) is 41.9 Å². The van der Waals surface area contributed by atoms with Crippen molar-refractivity contribution >= 4 is 11.6 Å². The van der Waals surface area contributed by atoms with Gasteiger partial charge in [-0.25, -0.2) is 0 Å². The number of likely N-dealkylation sites (N-methyl/N-ethyl adjacent to an activating group) is 1. The summed E-state index contributed by atoms with van der Waals surface area (Å²) in [6, 6.07) is 18.8. The van der Waals surface area contributed by atoms with Crippen LogP contribution in [-0.4, -0.2) is 13.1 Å². The summed E-state index contributed by atoms with van der Waals surface area (Å²) >= 11 is 5.96. The molecule has 0 spiro atoms. The van der Waals surface area contributed by atoms with Crippen molar-refractivity contribution in [2.45, 2.75) is 25.3 Å². The second-order valence-corrected chi connectivity index (χ2v) is 5.87. The molecule has 0 saturated carbocycles. The summed E-state index contributed by atoms with van der Waals surface area (Å²) in [7, 11) is 2.19. The predicted molar refractivity (Wildman–Crippen MR) is 80.8 cm³/mol. The van der Waals surface area contributed by atoms with Crippen molar-refractivity contribution in [3.63, 3.8) is 0 Å². The van der Waals surface area contributed by atoms with Gasteiger partial charge in [0, 0.05) is 10.6 Å². The Hall–Kier alpha value is -1.35. The van der Waals surface area contributed by atoms with Crippen LogP contribution in [0.2, 0.25) is 5.02 Å². The van der Waals surface area contributed by atoms with E-state index in [9.17, 15) is 0 Å². The Kier molecular flexibility index (Phi) is 3.79. The van der Waals surface area contributed by atoms with E-state index in [0.717, 1.165) is 5.02 Å². The number of ether oxygens (including phenoxy) is 1. The Bertz CT molecular complexity index is 569. The fourth-order valence-electron chi connectivity index (χ4n) is 2.84. The van der Waals surface area contributed by atoms with E-state index in [4.69, 9.17) is 16.3 Å². The summed E-state index contributed by atoms with van der Waals surface area (Å²) in [6.45, 7) is 2.24. The Morgan fingerprint density at radius 1 is 0.950 bits per heavy atom. The standard InChI is InChI=1S/C17H18ClNO/c1-12-16(13-6-4-3-5-7-13)20-17(19(12)2)14-8-10-15(18)11-9-14/h3-12,16-17H,1-2H3/p+1/t12-,16+,17+/m0/s1. The molecular weight excluding hydrogens is 270 g/mol. The quantitative estimate of drug-likeness (QED) is 0.897. The zero-order valence-electron chi connectivity index (χ0n) is 11.7. The smallest absolute Gasteiger partial charge is 0.219 e. The van der Waals surface area contributed by atoms with Gasteiger partial charge in [-0.3, -0.25) is 0 Å². The predicted octanol–water partition coefficient (Wildman–Crippen LogP) is 3.01. The lowest BCUT2D eigenvalue weighted by molar-refractivity contribution is -0.933. The van der Waals surface area contributed by atoms with Gasteiger partial charge in [-0.2, -0.15) is 0 Å². The number of benzene rings is 2. The second-order valence-electron chi connectivity index (χ2n) is 5.43. The first-order valence-electron chi connectivity index (χ1n) is 6.96. The van der Waals surface area contributed by atoms with Gasteiger partial charge in [0.25, 0.3) is 0 Å². The fourth-order valence-corrected chi connectivity index (χ4v) is 2.96. The third-order valence-corrected chi connectivity index (χ3v) is 4.42. The topological polar surface area (TPSA) is 13.7 Å². The van der Waals surface area contributed by atoms with E-state index in [2.05, 4.69) is 50.4 Å². The van der Waals surface area contributed by atoms with Gasteiger partial charge in [0.05, 0.1) is 7.05 Å². The molecule has 1 unspecified atom stereocenters. The third kappa shape index (κ3) is 2.47. The SMILES string of the molecule is C[C@H]1[C@H](c2ccccc2)O[C@H](c2ccc(Cl)cc2)[NH+]1C.